The van der Waals surface area contributed by atoms with Crippen LogP contribution in [0, 0.1) is 0 Å². The van der Waals surface area contributed by atoms with E-state index in [9.17, 15) is 4.79 Å². The maximum atomic E-state index is 12.3. The number of aromatic nitrogens is 1. The molecule has 9 heteroatoms. The molecule has 44 heavy (non-hydrogen) atoms. The number of hydrogen-bond donors (Lipinski definition) is 1. The van der Waals surface area contributed by atoms with E-state index in [-0.39, 0.29) is 15.5 Å². The molecule has 0 amide bonds. The third-order valence-electron chi connectivity index (χ3n) is 8.32. The summed E-state index contributed by atoms with van der Waals surface area (Å²) in [6.07, 6.45) is 3.22. The fraction of sp³-hybridized carbons (Fsp3) is 0.257. The lowest BCUT2D eigenvalue weighted by molar-refractivity contribution is -0.134. The SMILES string of the molecule is CC12SC(c3ccccc3)=NC1=c1nc(-c3ccc(OC(=O)CCCCCS)cc3)sc1=C1N=C(c3ccccc3)SC12C. The Morgan fingerprint density at radius 1 is 0.750 bits per heavy atom. The van der Waals surface area contributed by atoms with Crippen molar-refractivity contribution in [1.29, 1.82) is 0 Å². The number of thiol groups is 1. The highest BCUT2D eigenvalue weighted by molar-refractivity contribution is 8.20. The Bertz CT molecular complexity index is 1810. The molecule has 4 aromatic rings. The van der Waals surface area contributed by atoms with Gasteiger partial charge in [-0.3, -0.25) is 4.79 Å². The van der Waals surface area contributed by atoms with Gasteiger partial charge in [-0.1, -0.05) is 90.6 Å². The van der Waals surface area contributed by atoms with Gasteiger partial charge in [0, 0.05) is 23.1 Å². The van der Waals surface area contributed by atoms with Crippen LogP contribution in [0.15, 0.2) is 94.9 Å². The number of aliphatic imine (C=N–C) groups is 2. The van der Waals surface area contributed by atoms with Gasteiger partial charge in [0.15, 0.2) is 0 Å². The smallest absolute Gasteiger partial charge is 0.311 e. The molecule has 0 fully saturated rings. The van der Waals surface area contributed by atoms with Crippen LogP contribution < -0.4 is 14.6 Å². The maximum Gasteiger partial charge on any atom is 0.311 e. The second kappa shape index (κ2) is 12.0. The highest BCUT2D eigenvalue weighted by atomic mass is 32.2. The number of thiazole rings is 1. The van der Waals surface area contributed by atoms with Crippen molar-refractivity contribution in [3.63, 3.8) is 0 Å². The molecule has 0 N–H and O–H groups in total. The molecule has 222 valence electrons. The van der Waals surface area contributed by atoms with Crippen LogP contribution in [-0.4, -0.2) is 36.3 Å². The number of ether oxygens (including phenoxy) is 1. The highest BCUT2D eigenvalue weighted by Gasteiger charge is 2.60. The summed E-state index contributed by atoms with van der Waals surface area (Å²) in [6, 6.07) is 28.5. The second-order valence-corrected chi connectivity index (χ2v) is 15.5. The number of thioether (sulfide) groups is 2. The molecule has 0 saturated heterocycles. The summed E-state index contributed by atoms with van der Waals surface area (Å²) in [5.74, 6) is 1.18. The Kier molecular flexibility index (Phi) is 8.07. The van der Waals surface area contributed by atoms with Crippen LogP contribution >= 0.6 is 47.5 Å². The monoisotopic (exact) mass is 653 g/mol. The molecule has 0 saturated carbocycles. The van der Waals surface area contributed by atoms with Gasteiger partial charge in [-0.05, 0) is 56.7 Å². The van der Waals surface area contributed by atoms with Gasteiger partial charge < -0.3 is 4.74 Å². The largest absolute Gasteiger partial charge is 0.427 e. The van der Waals surface area contributed by atoms with Gasteiger partial charge in [0.1, 0.15) is 26.2 Å². The van der Waals surface area contributed by atoms with E-state index in [0.29, 0.717) is 12.2 Å². The van der Waals surface area contributed by atoms with E-state index in [1.807, 2.05) is 59.9 Å². The number of carbonyl (C=O) groups excluding carboxylic acids is 1. The summed E-state index contributed by atoms with van der Waals surface area (Å²) in [5.41, 5.74) is 5.27. The molecule has 7 rings (SSSR count). The topological polar surface area (TPSA) is 63.9 Å². The Labute approximate surface area is 275 Å². The molecular weight excluding hydrogens is 623 g/mol. The quantitative estimate of drug-likeness (QED) is 0.0887. The molecule has 0 spiro atoms. The van der Waals surface area contributed by atoms with Crippen LogP contribution in [0.1, 0.15) is 50.7 Å². The van der Waals surface area contributed by atoms with E-state index in [1.54, 1.807) is 11.3 Å². The first-order chi connectivity index (χ1) is 21.4. The summed E-state index contributed by atoms with van der Waals surface area (Å²) in [6.45, 7) is 4.61. The molecule has 1 aromatic heterocycles. The zero-order valence-electron chi connectivity index (χ0n) is 24.4. The van der Waals surface area contributed by atoms with Gasteiger partial charge in [0.05, 0.1) is 25.4 Å². The van der Waals surface area contributed by atoms with Crippen molar-refractivity contribution in [2.75, 3.05) is 5.75 Å². The van der Waals surface area contributed by atoms with Crippen LogP contribution in [0.2, 0.25) is 0 Å². The molecular formula is C35H31N3O2S4. The standard InChI is InChI=1S/C35H31N3O2S4/c1-34-29(37-32(43-34)22-12-6-3-7-13-22)27-28(30-35(34,2)44-33(38-30)23-14-8-4-9-15-23)42-31(36-27)24-17-19-25(20-18-24)40-26(39)16-10-5-11-21-41/h3-4,6-9,12-15,17-20,41H,5,10-11,16,21H2,1-2H3. The third kappa shape index (κ3) is 5.17. The van der Waals surface area contributed by atoms with Gasteiger partial charge in [0.2, 0.25) is 0 Å². The zero-order chi connectivity index (χ0) is 30.3. The highest BCUT2D eigenvalue weighted by Crippen LogP contribution is 2.62. The maximum absolute atomic E-state index is 12.3. The number of fused-ring (bicyclic) bond motifs is 4. The normalized spacial score (nSPS) is 21.8. The van der Waals surface area contributed by atoms with E-state index in [1.165, 1.54) is 0 Å². The number of carbonyl (C=O) groups is 1. The zero-order valence-corrected chi connectivity index (χ0v) is 27.8. The number of rotatable bonds is 9. The van der Waals surface area contributed by atoms with E-state index in [2.05, 4.69) is 75.0 Å². The summed E-state index contributed by atoms with van der Waals surface area (Å²) in [7, 11) is 0. The summed E-state index contributed by atoms with van der Waals surface area (Å²) >= 11 is 9.54. The van der Waals surface area contributed by atoms with E-state index < -0.39 is 0 Å². The average Bonchev–Trinajstić information content (AvgIpc) is 3.75. The van der Waals surface area contributed by atoms with Crippen molar-refractivity contribution >= 4 is 74.9 Å². The Morgan fingerprint density at radius 2 is 1.34 bits per heavy atom. The summed E-state index contributed by atoms with van der Waals surface area (Å²) in [4.78, 5) is 28.1. The first kappa shape index (κ1) is 29.6. The van der Waals surface area contributed by atoms with E-state index >= 15 is 0 Å². The molecule has 5 nitrogen and oxygen atoms in total. The molecule has 0 radical (unpaired) electrons. The summed E-state index contributed by atoms with van der Waals surface area (Å²) < 4.78 is 5.94. The predicted octanol–water partition coefficient (Wildman–Crippen LogP) is 7.34. The lowest BCUT2D eigenvalue weighted by Crippen LogP contribution is -2.53. The van der Waals surface area contributed by atoms with Gasteiger partial charge in [-0.25, -0.2) is 15.0 Å². The van der Waals surface area contributed by atoms with Crippen molar-refractivity contribution in [3.05, 3.63) is 106 Å². The lowest BCUT2D eigenvalue weighted by atomic mass is 9.85. The lowest BCUT2D eigenvalue weighted by Gasteiger charge is -2.41. The van der Waals surface area contributed by atoms with E-state index in [4.69, 9.17) is 19.7 Å². The number of nitrogens with zero attached hydrogens (tertiary/aromatic N) is 3. The Hall–Kier alpha value is -3.11. The minimum atomic E-state index is -0.374. The first-order valence-electron chi connectivity index (χ1n) is 14.7. The Balaban J connectivity index is 1.30. The number of unbranched alkanes of at least 4 members (excludes halogenated alkanes) is 2. The molecule has 1 aliphatic carbocycles. The average molecular weight is 654 g/mol. The number of hydrogen-bond acceptors (Lipinski definition) is 9. The van der Waals surface area contributed by atoms with Gasteiger partial charge in [-0.15, -0.1) is 11.3 Å². The van der Waals surface area contributed by atoms with Crippen LogP contribution in [0.25, 0.3) is 22.0 Å². The number of benzene rings is 3. The van der Waals surface area contributed by atoms with Crippen LogP contribution in [-0.2, 0) is 4.79 Å². The summed E-state index contributed by atoms with van der Waals surface area (Å²) in [5, 5.41) is 3.84. The van der Waals surface area contributed by atoms with Crippen molar-refractivity contribution in [2.45, 2.75) is 49.0 Å². The molecule has 3 heterocycles. The molecule has 2 aliphatic heterocycles. The van der Waals surface area contributed by atoms with Crippen LogP contribution in [0.5, 0.6) is 5.75 Å². The van der Waals surface area contributed by atoms with Gasteiger partial charge >= 0.3 is 5.97 Å². The van der Waals surface area contributed by atoms with E-state index in [0.717, 1.165) is 78.1 Å². The predicted molar refractivity (Wildman–Crippen MR) is 190 cm³/mol. The first-order valence-corrected chi connectivity index (χ1v) is 17.8. The fourth-order valence-electron chi connectivity index (χ4n) is 5.72. The minimum absolute atomic E-state index is 0.204. The van der Waals surface area contributed by atoms with Crippen LogP contribution in [0.4, 0.5) is 0 Å². The molecule has 2 unspecified atom stereocenters. The minimum Gasteiger partial charge on any atom is -0.427 e. The van der Waals surface area contributed by atoms with Crippen molar-refractivity contribution in [1.82, 2.24) is 4.98 Å². The molecule has 3 aromatic carbocycles. The Morgan fingerprint density at radius 3 is 1.95 bits per heavy atom. The van der Waals surface area contributed by atoms with Gasteiger partial charge in [-0.2, -0.15) is 12.6 Å². The van der Waals surface area contributed by atoms with Crippen molar-refractivity contribution in [3.8, 4) is 16.3 Å². The molecule has 2 atom stereocenters. The molecule has 3 aliphatic rings. The fourth-order valence-corrected chi connectivity index (χ4v) is 10.0. The molecule has 0 bridgehead atoms. The number of esters is 1. The van der Waals surface area contributed by atoms with Crippen LogP contribution in [0.3, 0.4) is 0 Å². The van der Waals surface area contributed by atoms with Crippen molar-refractivity contribution in [2.24, 2.45) is 9.98 Å². The third-order valence-corrected chi connectivity index (χ3v) is 12.9. The van der Waals surface area contributed by atoms with Gasteiger partial charge in [0.25, 0.3) is 0 Å². The van der Waals surface area contributed by atoms with Crippen molar-refractivity contribution < 1.29 is 9.53 Å². The second-order valence-electron chi connectivity index (χ2n) is 11.3.